The zero-order chi connectivity index (χ0) is 22.7. The van der Waals surface area contributed by atoms with E-state index in [-0.39, 0.29) is 24.4 Å². The first kappa shape index (κ1) is 21.9. The van der Waals surface area contributed by atoms with Crippen LogP contribution in [0, 0.1) is 5.82 Å². The first-order valence-electron chi connectivity index (χ1n) is 10.1. The van der Waals surface area contributed by atoms with Crippen LogP contribution < -0.4 is 9.47 Å². The van der Waals surface area contributed by atoms with Crippen molar-refractivity contribution in [2.45, 2.75) is 18.9 Å². The van der Waals surface area contributed by atoms with E-state index >= 15 is 0 Å². The number of aromatic nitrogens is 1. The molecule has 164 valence electrons. The lowest BCUT2D eigenvalue weighted by Crippen LogP contribution is -2.06. The Kier molecular flexibility index (Phi) is 6.48. The molecule has 0 saturated heterocycles. The van der Waals surface area contributed by atoms with E-state index < -0.39 is 6.10 Å². The summed E-state index contributed by atoms with van der Waals surface area (Å²) in [5.74, 6) is 0.655. The van der Waals surface area contributed by atoms with Crippen LogP contribution in [0.1, 0.15) is 35.0 Å². The third-order valence-corrected chi connectivity index (χ3v) is 6.29. The second-order valence-corrected chi connectivity index (χ2v) is 8.14. The zero-order valence-corrected chi connectivity index (χ0v) is 18.5. The number of ether oxygens (including phenoxy) is 2. The maximum Gasteiger partial charge on any atom is 0.163 e. The van der Waals surface area contributed by atoms with Gasteiger partial charge in [-0.1, -0.05) is 18.2 Å². The van der Waals surface area contributed by atoms with Gasteiger partial charge in [-0.25, -0.2) is 4.39 Å². The highest BCUT2D eigenvalue weighted by molar-refractivity contribution is 7.17. The normalized spacial score (nSPS) is 12.0. The van der Waals surface area contributed by atoms with Gasteiger partial charge in [-0.2, -0.15) is 0 Å². The minimum Gasteiger partial charge on any atom is -0.493 e. The van der Waals surface area contributed by atoms with Gasteiger partial charge in [0, 0.05) is 28.3 Å². The highest BCUT2D eigenvalue weighted by Gasteiger charge is 2.17. The molecule has 2 aromatic heterocycles. The molecule has 0 saturated carbocycles. The van der Waals surface area contributed by atoms with Crippen LogP contribution in [0.25, 0.3) is 21.3 Å². The van der Waals surface area contributed by atoms with Gasteiger partial charge >= 0.3 is 0 Å². The first-order chi connectivity index (χ1) is 15.5. The fourth-order valence-corrected chi connectivity index (χ4v) is 4.55. The van der Waals surface area contributed by atoms with Crippen molar-refractivity contribution in [1.29, 1.82) is 0 Å². The number of aliphatic hydroxyl groups is 1. The summed E-state index contributed by atoms with van der Waals surface area (Å²) in [7, 11) is 3.05. The summed E-state index contributed by atoms with van der Waals surface area (Å²) in [5.41, 5.74) is 2.44. The number of hydrogen-bond acceptors (Lipinski definition) is 6. The minimum absolute atomic E-state index is 0.111. The standard InChI is InChI=1S/C25H22FNO4S/c1-30-23-12-9-15(13-24(23)31-2)21(28)10-11-22(29)20-8-4-7-19(27-20)17-14-32-25-16(17)5-3-6-18(25)26/h3-9,12-14,22,29H,10-11H2,1-2H3. The fraction of sp³-hybridized carbons (Fsp3) is 0.200. The fourth-order valence-electron chi connectivity index (χ4n) is 3.58. The molecule has 0 bridgehead atoms. The van der Waals surface area contributed by atoms with Crippen LogP contribution in [0.4, 0.5) is 4.39 Å². The summed E-state index contributed by atoms with van der Waals surface area (Å²) in [6, 6.07) is 15.3. The van der Waals surface area contributed by atoms with E-state index in [2.05, 4.69) is 4.98 Å². The molecule has 32 heavy (non-hydrogen) atoms. The molecule has 0 aliphatic carbocycles. The monoisotopic (exact) mass is 451 g/mol. The first-order valence-corrected chi connectivity index (χ1v) is 11.0. The summed E-state index contributed by atoms with van der Waals surface area (Å²) in [6.07, 6.45) is -0.529. The van der Waals surface area contributed by atoms with Gasteiger partial charge in [-0.3, -0.25) is 9.78 Å². The van der Waals surface area contributed by atoms with Crippen LogP contribution >= 0.6 is 11.3 Å². The molecule has 7 heteroatoms. The van der Waals surface area contributed by atoms with E-state index in [1.165, 1.54) is 31.6 Å². The van der Waals surface area contributed by atoms with Crippen molar-refractivity contribution in [3.63, 3.8) is 0 Å². The summed E-state index contributed by atoms with van der Waals surface area (Å²) < 4.78 is 25.1. The predicted octanol–water partition coefficient (Wildman–Crippen LogP) is 5.82. The summed E-state index contributed by atoms with van der Waals surface area (Å²) in [5, 5.41) is 13.3. The lowest BCUT2D eigenvalue weighted by Gasteiger charge is -2.12. The molecule has 0 aliphatic rings. The molecule has 1 N–H and O–H groups in total. The summed E-state index contributed by atoms with van der Waals surface area (Å²) >= 11 is 1.33. The Labute approximate surface area is 189 Å². The third-order valence-electron chi connectivity index (χ3n) is 5.29. The number of carbonyl (C=O) groups excluding carboxylic acids is 1. The predicted molar refractivity (Wildman–Crippen MR) is 123 cm³/mol. The van der Waals surface area contributed by atoms with Crippen molar-refractivity contribution < 1.29 is 23.8 Å². The van der Waals surface area contributed by atoms with E-state index in [0.29, 0.717) is 33.2 Å². The number of pyridine rings is 1. The summed E-state index contributed by atoms with van der Waals surface area (Å²) in [6.45, 7) is 0. The largest absolute Gasteiger partial charge is 0.493 e. The molecule has 5 nitrogen and oxygen atoms in total. The molecule has 0 amide bonds. The Bertz CT molecular complexity index is 1270. The van der Waals surface area contributed by atoms with E-state index in [0.717, 1.165) is 10.9 Å². The zero-order valence-electron chi connectivity index (χ0n) is 17.7. The molecule has 1 unspecified atom stereocenters. The van der Waals surface area contributed by atoms with Crippen molar-refractivity contribution in [1.82, 2.24) is 4.98 Å². The van der Waals surface area contributed by atoms with Gasteiger partial charge in [0.1, 0.15) is 5.82 Å². The number of nitrogens with zero attached hydrogens (tertiary/aromatic N) is 1. The number of aliphatic hydroxyl groups excluding tert-OH is 1. The number of thiophene rings is 1. The molecule has 4 rings (SSSR count). The molecule has 2 aromatic carbocycles. The number of hydrogen-bond donors (Lipinski definition) is 1. The van der Waals surface area contributed by atoms with Crippen molar-refractivity contribution in [2.24, 2.45) is 0 Å². The molecule has 0 fully saturated rings. The van der Waals surface area contributed by atoms with Crippen LogP contribution in [-0.4, -0.2) is 30.1 Å². The van der Waals surface area contributed by atoms with Gasteiger partial charge in [0.2, 0.25) is 0 Å². The number of halogens is 1. The van der Waals surface area contributed by atoms with Gasteiger partial charge in [0.15, 0.2) is 17.3 Å². The SMILES string of the molecule is COc1ccc(C(=O)CCC(O)c2cccc(-c3csc4c(F)cccc34)n2)cc1OC. The van der Waals surface area contributed by atoms with Gasteiger partial charge < -0.3 is 14.6 Å². The second-order valence-electron chi connectivity index (χ2n) is 7.26. The Morgan fingerprint density at radius 3 is 2.66 bits per heavy atom. The molecular formula is C25H22FNO4S. The highest BCUT2D eigenvalue weighted by atomic mass is 32.1. The lowest BCUT2D eigenvalue weighted by atomic mass is 10.0. The summed E-state index contributed by atoms with van der Waals surface area (Å²) in [4.78, 5) is 17.2. The van der Waals surface area contributed by atoms with Gasteiger partial charge in [0.05, 0.1) is 36.4 Å². The minimum atomic E-state index is -0.902. The molecule has 0 aliphatic heterocycles. The Morgan fingerprint density at radius 2 is 1.88 bits per heavy atom. The van der Waals surface area contributed by atoms with Crippen molar-refractivity contribution in [3.05, 3.63) is 77.1 Å². The number of benzene rings is 2. The van der Waals surface area contributed by atoms with Crippen LogP contribution in [-0.2, 0) is 0 Å². The third kappa shape index (κ3) is 4.35. The Morgan fingerprint density at radius 1 is 1.09 bits per heavy atom. The van der Waals surface area contributed by atoms with Crippen LogP contribution in [0.3, 0.4) is 0 Å². The van der Waals surface area contributed by atoms with E-state index in [4.69, 9.17) is 9.47 Å². The van der Waals surface area contributed by atoms with E-state index in [9.17, 15) is 14.3 Å². The Balaban J connectivity index is 1.49. The quantitative estimate of drug-likeness (QED) is 0.342. The second kappa shape index (κ2) is 9.46. The molecule has 2 heterocycles. The lowest BCUT2D eigenvalue weighted by molar-refractivity contribution is 0.0937. The molecule has 0 radical (unpaired) electrons. The van der Waals surface area contributed by atoms with Crippen LogP contribution in [0.15, 0.2) is 60.0 Å². The topological polar surface area (TPSA) is 68.7 Å². The van der Waals surface area contributed by atoms with E-state index in [1.54, 1.807) is 36.4 Å². The highest BCUT2D eigenvalue weighted by Crippen LogP contribution is 2.35. The number of Topliss-reactive ketones (excluding diaryl/α,β-unsaturated/α-hetero) is 1. The van der Waals surface area contributed by atoms with Gasteiger partial charge in [0.25, 0.3) is 0 Å². The maximum absolute atomic E-state index is 14.0. The van der Waals surface area contributed by atoms with Crippen molar-refractivity contribution in [3.8, 4) is 22.8 Å². The number of methoxy groups -OCH3 is 2. The van der Waals surface area contributed by atoms with Crippen LogP contribution in [0.5, 0.6) is 11.5 Å². The molecular weight excluding hydrogens is 429 g/mol. The molecule has 0 spiro atoms. The van der Waals surface area contributed by atoms with Crippen molar-refractivity contribution >= 4 is 27.2 Å². The maximum atomic E-state index is 14.0. The smallest absolute Gasteiger partial charge is 0.163 e. The van der Waals surface area contributed by atoms with Crippen molar-refractivity contribution in [2.75, 3.05) is 14.2 Å². The molecule has 1 atom stereocenters. The van der Waals surface area contributed by atoms with E-state index in [1.807, 2.05) is 17.5 Å². The molecule has 4 aromatic rings. The van der Waals surface area contributed by atoms with Gasteiger partial charge in [-0.15, -0.1) is 11.3 Å². The number of carbonyl (C=O) groups is 1. The number of ketones is 1. The Hall–Kier alpha value is -3.29. The average molecular weight is 452 g/mol. The van der Waals surface area contributed by atoms with Gasteiger partial charge in [-0.05, 0) is 42.8 Å². The average Bonchev–Trinajstić information content (AvgIpc) is 3.27. The number of rotatable bonds is 8. The number of fused-ring (bicyclic) bond motifs is 1. The van der Waals surface area contributed by atoms with Crippen LogP contribution in [0.2, 0.25) is 0 Å².